The molecule has 0 aliphatic heterocycles. The lowest BCUT2D eigenvalue weighted by molar-refractivity contribution is 0.538. The van der Waals surface area contributed by atoms with E-state index in [2.05, 4.69) is 4.98 Å². The van der Waals surface area contributed by atoms with Gasteiger partial charge in [0.15, 0.2) is 11.5 Å². The highest BCUT2D eigenvalue weighted by molar-refractivity contribution is 8.14. The molecule has 1 heterocycles. The minimum atomic E-state index is -3.77. The van der Waals surface area contributed by atoms with Gasteiger partial charge in [-0.15, -0.1) is 0 Å². The predicted molar refractivity (Wildman–Crippen MR) is 56.4 cm³/mol. The number of aromatic nitrogens is 1. The van der Waals surface area contributed by atoms with Crippen molar-refractivity contribution in [1.29, 1.82) is 0 Å². The normalized spacial score (nSPS) is 12.1. The van der Waals surface area contributed by atoms with Crippen molar-refractivity contribution in [2.75, 3.05) is 0 Å². The number of oxazole rings is 1. The first-order valence-corrected chi connectivity index (χ1v) is 6.66. The van der Waals surface area contributed by atoms with Gasteiger partial charge in [0.1, 0.15) is 10.4 Å². The summed E-state index contributed by atoms with van der Waals surface area (Å²) in [4.78, 5) is 4.06. The Bertz CT molecular complexity index is 603. The van der Waals surface area contributed by atoms with Gasteiger partial charge in [-0.05, 0) is 12.1 Å². The summed E-state index contributed by atoms with van der Waals surface area (Å²) < 4.78 is 27.8. The smallest absolute Gasteiger partial charge is 0.263 e. The maximum atomic E-state index is 11.2. The van der Waals surface area contributed by atoms with Gasteiger partial charge in [0, 0.05) is 17.1 Å². The van der Waals surface area contributed by atoms with E-state index in [0.717, 1.165) is 0 Å². The molecule has 0 bridgehead atoms. The lowest BCUT2D eigenvalue weighted by atomic mass is 10.3. The van der Waals surface area contributed by atoms with Crippen LogP contribution in [-0.4, -0.2) is 13.4 Å². The molecule has 1 aromatic carbocycles. The largest absolute Gasteiger partial charge is 0.441 e. The van der Waals surface area contributed by atoms with E-state index in [1.54, 1.807) is 12.1 Å². The van der Waals surface area contributed by atoms with Crippen molar-refractivity contribution in [3.05, 3.63) is 24.1 Å². The third-order valence-corrected chi connectivity index (χ3v) is 3.34. The molecule has 1 aromatic heterocycles. The molecular formula is C9H8ClNO3S. The first-order chi connectivity index (χ1) is 7.02. The van der Waals surface area contributed by atoms with Crippen LogP contribution in [0.3, 0.4) is 0 Å². The number of hydrogen-bond acceptors (Lipinski definition) is 4. The molecule has 0 saturated heterocycles. The molecule has 2 rings (SSSR count). The minimum absolute atomic E-state index is 0.00915. The van der Waals surface area contributed by atoms with Gasteiger partial charge in [0.05, 0.1) is 0 Å². The molecule has 0 N–H and O–H groups in total. The van der Waals surface area contributed by atoms with Gasteiger partial charge in [-0.1, -0.05) is 13.0 Å². The molecule has 0 atom stereocenters. The second kappa shape index (κ2) is 3.50. The van der Waals surface area contributed by atoms with Gasteiger partial charge in [-0.2, -0.15) is 0 Å². The van der Waals surface area contributed by atoms with E-state index in [0.29, 0.717) is 23.4 Å². The second-order valence-electron chi connectivity index (χ2n) is 3.00. The average molecular weight is 246 g/mol. The van der Waals surface area contributed by atoms with Crippen molar-refractivity contribution in [3.63, 3.8) is 0 Å². The van der Waals surface area contributed by atoms with E-state index in [-0.39, 0.29) is 4.90 Å². The van der Waals surface area contributed by atoms with Crippen LogP contribution >= 0.6 is 10.7 Å². The first kappa shape index (κ1) is 10.4. The van der Waals surface area contributed by atoms with Crippen LogP contribution in [0.25, 0.3) is 11.1 Å². The van der Waals surface area contributed by atoms with Crippen LogP contribution in [0.5, 0.6) is 0 Å². The van der Waals surface area contributed by atoms with Crippen molar-refractivity contribution in [1.82, 2.24) is 4.98 Å². The Morgan fingerprint density at radius 2 is 2.20 bits per heavy atom. The highest BCUT2D eigenvalue weighted by Gasteiger charge is 2.17. The number of fused-ring (bicyclic) bond motifs is 1. The topological polar surface area (TPSA) is 60.2 Å². The highest BCUT2D eigenvalue weighted by Crippen LogP contribution is 2.25. The van der Waals surface area contributed by atoms with E-state index in [1.165, 1.54) is 6.07 Å². The summed E-state index contributed by atoms with van der Waals surface area (Å²) in [5, 5.41) is 0. The summed E-state index contributed by atoms with van der Waals surface area (Å²) in [5.74, 6) is 0.498. The third kappa shape index (κ3) is 1.85. The highest BCUT2D eigenvalue weighted by atomic mass is 35.7. The zero-order valence-electron chi connectivity index (χ0n) is 7.90. The Hall–Kier alpha value is -1.07. The molecular weight excluding hydrogens is 238 g/mol. The monoisotopic (exact) mass is 245 g/mol. The van der Waals surface area contributed by atoms with Crippen molar-refractivity contribution < 1.29 is 12.8 Å². The maximum Gasteiger partial charge on any atom is 0.263 e. The van der Waals surface area contributed by atoms with Crippen LogP contribution in [0.4, 0.5) is 0 Å². The van der Waals surface area contributed by atoms with Crippen LogP contribution in [-0.2, 0) is 15.5 Å². The van der Waals surface area contributed by atoms with Crippen LogP contribution in [0.1, 0.15) is 12.8 Å². The molecule has 0 aliphatic carbocycles. The Morgan fingerprint density at radius 1 is 1.47 bits per heavy atom. The molecule has 0 radical (unpaired) electrons. The zero-order chi connectivity index (χ0) is 11.1. The van der Waals surface area contributed by atoms with Crippen molar-refractivity contribution in [2.24, 2.45) is 0 Å². The van der Waals surface area contributed by atoms with Crippen molar-refractivity contribution >= 4 is 30.8 Å². The van der Waals surface area contributed by atoms with Gasteiger partial charge < -0.3 is 4.42 Å². The Balaban J connectivity index is 2.81. The van der Waals surface area contributed by atoms with Gasteiger partial charge in [0.2, 0.25) is 0 Å². The molecule has 0 unspecified atom stereocenters. The summed E-state index contributed by atoms with van der Waals surface area (Å²) >= 11 is 0. The SMILES string of the molecule is CCc1nc2c(S(=O)(=O)Cl)cccc2o1. The van der Waals surface area contributed by atoms with E-state index in [9.17, 15) is 8.42 Å². The quantitative estimate of drug-likeness (QED) is 0.762. The van der Waals surface area contributed by atoms with Crippen LogP contribution in [0.15, 0.2) is 27.5 Å². The zero-order valence-corrected chi connectivity index (χ0v) is 9.47. The summed E-state index contributed by atoms with van der Waals surface area (Å²) in [7, 11) is 1.51. The summed E-state index contributed by atoms with van der Waals surface area (Å²) in [6, 6.07) is 4.64. The molecule has 2 aromatic rings. The number of rotatable bonds is 2. The number of para-hydroxylation sites is 1. The Morgan fingerprint density at radius 3 is 2.80 bits per heavy atom. The summed E-state index contributed by atoms with van der Waals surface area (Å²) in [6.45, 7) is 1.87. The standard InChI is InChI=1S/C9H8ClNO3S/c1-2-8-11-9-6(14-8)4-3-5-7(9)15(10,12)13/h3-5H,2H2,1H3. The number of hydrogen-bond donors (Lipinski definition) is 0. The van der Waals surface area contributed by atoms with Crippen LogP contribution in [0.2, 0.25) is 0 Å². The average Bonchev–Trinajstić information content (AvgIpc) is 2.57. The minimum Gasteiger partial charge on any atom is -0.441 e. The fraction of sp³-hybridized carbons (Fsp3) is 0.222. The Labute approximate surface area is 91.3 Å². The van der Waals surface area contributed by atoms with Crippen LogP contribution < -0.4 is 0 Å². The lowest BCUT2D eigenvalue weighted by Crippen LogP contribution is -1.91. The fourth-order valence-electron chi connectivity index (χ4n) is 1.32. The molecule has 15 heavy (non-hydrogen) atoms. The van der Waals surface area contributed by atoms with Gasteiger partial charge in [-0.25, -0.2) is 13.4 Å². The third-order valence-electron chi connectivity index (χ3n) is 1.99. The number of halogens is 1. The van der Waals surface area contributed by atoms with Crippen molar-refractivity contribution in [2.45, 2.75) is 18.2 Å². The maximum absolute atomic E-state index is 11.2. The molecule has 0 amide bonds. The lowest BCUT2D eigenvalue weighted by Gasteiger charge is -1.94. The first-order valence-electron chi connectivity index (χ1n) is 4.35. The van der Waals surface area contributed by atoms with E-state index in [1.807, 2.05) is 6.92 Å². The number of benzene rings is 1. The molecule has 80 valence electrons. The van der Waals surface area contributed by atoms with Gasteiger partial charge in [-0.3, -0.25) is 0 Å². The van der Waals surface area contributed by atoms with Gasteiger partial charge >= 0.3 is 0 Å². The van der Waals surface area contributed by atoms with Crippen LogP contribution in [0, 0.1) is 0 Å². The molecule has 0 spiro atoms. The fourth-order valence-corrected chi connectivity index (χ4v) is 2.31. The summed E-state index contributed by atoms with van der Waals surface area (Å²) in [6.07, 6.45) is 0.608. The molecule has 0 fully saturated rings. The molecule has 6 heteroatoms. The van der Waals surface area contributed by atoms with E-state index < -0.39 is 9.05 Å². The van der Waals surface area contributed by atoms with E-state index >= 15 is 0 Å². The second-order valence-corrected chi connectivity index (χ2v) is 5.54. The number of nitrogens with zero attached hydrogens (tertiary/aromatic N) is 1. The predicted octanol–water partition coefficient (Wildman–Crippen LogP) is 2.32. The van der Waals surface area contributed by atoms with E-state index in [4.69, 9.17) is 15.1 Å². The summed E-state index contributed by atoms with van der Waals surface area (Å²) in [5.41, 5.74) is 0.734. The molecule has 0 aliphatic rings. The Kier molecular flexibility index (Phi) is 2.44. The number of aryl methyl sites for hydroxylation is 1. The molecule has 4 nitrogen and oxygen atoms in total. The molecule has 0 saturated carbocycles. The van der Waals surface area contributed by atoms with Gasteiger partial charge in [0.25, 0.3) is 9.05 Å². The van der Waals surface area contributed by atoms with Crippen molar-refractivity contribution in [3.8, 4) is 0 Å².